The van der Waals surface area contributed by atoms with Crippen LogP contribution in [0.4, 0.5) is 10.1 Å². The van der Waals surface area contributed by atoms with Gasteiger partial charge in [0, 0.05) is 25.0 Å². The summed E-state index contributed by atoms with van der Waals surface area (Å²) in [5.41, 5.74) is 1.07. The Morgan fingerprint density at radius 2 is 1.89 bits per heavy atom. The predicted octanol–water partition coefficient (Wildman–Crippen LogP) is 3.15. The van der Waals surface area contributed by atoms with Gasteiger partial charge >= 0.3 is 0 Å². The van der Waals surface area contributed by atoms with Crippen molar-refractivity contribution in [3.05, 3.63) is 64.4 Å². The van der Waals surface area contributed by atoms with Gasteiger partial charge in [-0.1, -0.05) is 29.8 Å². The van der Waals surface area contributed by atoms with E-state index in [-0.39, 0.29) is 30.3 Å². The highest BCUT2D eigenvalue weighted by Crippen LogP contribution is 2.20. The molecule has 0 aliphatic rings. The molecule has 0 fully saturated rings. The summed E-state index contributed by atoms with van der Waals surface area (Å²) in [7, 11) is 0. The Balaban J connectivity index is 1.88. The molecule has 3 N–H and O–H groups in total. The lowest BCUT2D eigenvalue weighted by molar-refractivity contribution is -0.122. The summed E-state index contributed by atoms with van der Waals surface area (Å²) in [5.74, 6) is -1.10. The summed E-state index contributed by atoms with van der Waals surface area (Å²) in [4.78, 5) is 23.7. The quantitative estimate of drug-likeness (QED) is 0.591. The number of hydrogen-bond donors (Lipinski definition) is 3. The normalized spacial score (nSPS) is 11.2. The van der Waals surface area contributed by atoms with Crippen LogP contribution in [0.25, 0.3) is 0 Å². The van der Waals surface area contributed by atoms with Crippen LogP contribution in [0.15, 0.2) is 42.5 Å². The SMILES string of the molecule is CC(=O)NC(CC(=O)NCCNc1cccc(F)c1C#N)c1ccc(Cl)cc1. The van der Waals surface area contributed by atoms with Gasteiger partial charge in [-0.15, -0.1) is 0 Å². The fourth-order valence-corrected chi connectivity index (χ4v) is 2.76. The standard InChI is InChI=1S/C20H20ClFN4O2/c1-13(27)26-19(14-5-7-15(21)8-6-14)11-20(28)25-10-9-24-18-4-2-3-17(22)16(18)12-23/h2-8,19,24H,9-11H2,1H3,(H,25,28)(H,26,27). The van der Waals surface area contributed by atoms with Crippen LogP contribution in [0.3, 0.4) is 0 Å². The number of halogens is 2. The summed E-state index contributed by atoms with van der Waals surface area (Å²) < 4.78 is 13.5. The number of carbonyl (C=O) groups is 2. The first-order chi connectivity index (χ1) is 13.4. The van der Waals surface area contributed by atoms with Gasteiger partial charge in [-0.2, -0.15) is 5.26 Å². The fraction of sp³-hybridized carbons (Fsp3) is 0.250. The van der Waals surface area contributed by atoms with Crippen LogP contribution in [0.1, 0.15) is 30.5 Å². The molecule has 0 spiro atoms. The van der Waals surface area contributed by atoms with Gasteiger partial charge in [0.1, 0.15) is 17.4 Å². The lowest BCUT2D eigenvalue weighted by Gasteiger charge is -2.18. The molecule has 0 aliphatic heterocycles. The Hall–Kier alpha value is -3.11. The second-order valence-electron chi connectivity index (χ2n) is 6.06. The third-order valence-corrected chi connectivity index (χ3v) is 4.18. The minimum absolute atomic E-state index is 0.0601. The molecule has 0 heterocycles. The molecular weight excluding hydrogens is 383 g/mol. The zero-order valence-electron chi connectivity index (χ0n) is 15.3. The molecule has 1 atom stereocenters. The van der Waals surface area contributed by atoms with Crippen molar-refractivity contribution in [1.29, 1.82) is 5.26 Å². The second kappa shape index (κ2) is 10.3. The van der Waals surface area contributed by atoms with Crippen LogP contribution in [0, 0.1) is 17.1 Å². The molecule has 28 heavy (non-hydrogen) atoms. The second-order valence-corrected chi connectivity index (χ2v) is 6.50. The highest BCUT2D eigenvalue weighted by molar-refractivity contribution is 6.30. The average Bonchev–Trinajstić information content (AvgIpc) is 2.65. The molecule has 0 aromatic heterocycles. The molecule has 1 unspecified atom stereocenters. The Bertz CT molecular complexity index is 881. The molecule has 0 aliphatic carbocycles. The Kier molecular flexibility index (Phi) is 7.78. The number of anilines is 1. The van der Waals surface area contributed by atoms with E-state index in [2.05, 4.69) is 16.0 Å². The number of amides is 2. The number of nitrogens with one attached hydrogen (secondary N) is 3. The van der Waals surface area contributed by atoms with Crippen LogP contribution >= 0.6 is 11.6 Å². The van der Waals surface area contributed by atoms with Crippen molar-refractivity contribution in [2.45, 2.75) is 19.4 Å². The van der Waals surface area contributed by atoms with Crippen LogP contribution in [0.5, 0.6) is 0 Å². The molecule has 0 saturated heterocycles. The topological polar surface area (TPSA) is 94.0 Å². The monoisotopic (exact) mass is 402 g/mol. The van der Waals surface area contributed by atoms with Crippen molar-refractivity contribution < 1.29 is 14.0 Å². The fourth-order valence-electron chi connectivity index (χ4n) is 2.63. The van der Waals surface area contributed by atoms with Gasteiger partial charge in [0.05, 0.1) is 18.2 Å². The average molecular weight is 403 g/mol. The van der Waals surface area contributed by atoms with E-state index < -0.39 is 11.9 Å². The van der Waals surface area contributed by atoms with E-state index in [1.807, 2.05) is 0 Å². The maximum atomic E-state index is 13.5. The van der Waals surface area contributed by atoms with Gasteiger partial charge in [0.15, 0.2) is 0 Å². The Morgan fingerprint density at radius 1 is 1.18 bits per heavy atom. The van der Waals surface area contributed by atoms with Gasteiger partial charge in [-0.25, -0.2) is 4.39 Å². The first-order valence-electron chi connectivity index (χ1n) is 8.62. The van der Waals surface area contributed by atoms with Gasteiger partial charge in [0.25, 0.3) is 0 Å². The lowest BCUT2D eigenvalue weighted by atomic mass is 10.0. The molecule has 8 heteroatoms. The van der Waals surface area contributed by atoms with E-state index in [0.717, 1.165) is 5.56 Å². The van der Waals surface area contributed by atoms with Crippen molar-refractivity contribution in [3.63, 3.8) is 0 Å². The molecule has 146 valence electrons. The Morgan fingerprint density at radius 3 is 2.54 bits per heavy atom. The zero-order valence-corrected chi connectivity index (χ0v) is 16.0. The van der Waals surface area contributed by atoms with E-state index in [0.29, 0.717) is 17.3 Å². The van der Waals surface area contributed by atoms with Gasteiger partial charge < -0.3 is 16.0 Å². The summed E-state index contributed by atoms with van der Waals surface area (Å²) in [6, 6.07) is 12.5. The zero-order chi connectivity index (χ0) is 20.5. The molecule has 2 rings (SSSR count). The highest BCUT2D eigenvalue weighted by atomic mass is 35.5. The third-order valence-electron chi connectivity index (χ3n) is 3.93. The minimum Gasteiger partial charge on any atom is -0.382 e. The van der Waals surface area contributed by atoms with Crippen molar-refractivity contribution in [2.75, 3.05) is 18.4 Å². The van der Waals surface area contributed by atoms with E-state index in [4.69, 9.17) is 16.9 Å². The number of benzene rings is 2. The number of rotatable bonds is 8. The maximum absolute atomic E-state index is 13.5. The van der Waals surface area contributed by atoms with Crippen molar-refractivity contribution in [3.8, 4) is 6.07 Å². The first-order valence-corrected chi connectivity index (χ1v) is 9.00. The summed E-state index contributed by atoms with van der Waals surface area (Å²) >= 11 is 5.88. The largest absolute Gasteiger partial charge is 0.382 e. The lowest BCUT2D eigenvalue weighted by Crippen LogP contribution is -2.34. The van der Waals surface area contributed by atoms with Crippen LogP contribution in [-0.2, 0) is 9.59 Å². The first kappa shape index (κ1) is 21.2. The molecule has 2 amide bonds. The van der Waals surface area contributed by atoms with Crippen LogP contribution < -0.4 is 16.0 Å². The molecule has 0 bridgehead atoms. The molecule has 0 saturated carbocycles. The van der Waals surface area contributed by atoms with E-state index in [1.54, 1.807) is 36.4 Å². The number of nitrogens with zero attached hydrogens (tertiary/aromatic N) is 1. The van der Waals surface area contributed by atoms with Crippen molar-refractivity contribution >= 4 is 29.1 Å². The predicted molar refractivity (Wildman–Crippen MR) is 105 cm³/mol. The van der Waals surface area contributed by atoms with Crippen LogP contribution in [0.2, 0.25) is 5.02 Å². The molecular formula is C20H20ClFN4O2. The van der Waals surface area contributed by atoms with Crippen molar-refractivity contribution in [2.24, 2.45) is 0 Å². The highest BCUT2D eigenvalue weighted by Gasteiger charge is 2.17. The van der Waals surface area contributed by atoms with Gasteiger partial charge in [-0.3, -0.25) is 9.59 Å². The number of carbonyl (C=O) groups excluding carboxylic acids is 2. The van der Waals surface area contributed by atoms with E-state index >= 15 is 0 Å². The van der Waals surface area contributed by atoms with E-state index in [9.17, 15) is 14.0 Å². The molecule has 2 aromatic carbocycles. The summed E-state index contributed by atoms with van der Waals surface area (Å²) in [5, 5.41) is 18.0. The molecule has 0 radical (unpaired) electrons. The van der Waals surface area contributed by atoms with Crippen LogP contribution in [-0.4, -0.2) is 24.9 Å². The molecule has 2 aromatic rings. The van der Waals surface area contributed by atoms with Gasteiger partial charge in [0.2, 0.25) is 11.8 Å². The smallest absolute Gasteiger partial charge is 0.222 e. The Labute approximate surface area is 167 Å². The molecule has 6 nitrogen and oxygen atoms in total. The summed E-state index contributed by atoms with van der Waals surface area (Å²) in [6.45, 7) is 1.97. The number of nitriles is 1. The van der Waals surface area contributed by atoms with Crippen molar-refractivity contribution in [1.82, 2.24) is 10.6 Å². The van der Waals surface area contributed by atoms with Gasteiger partial charge in [-0.05, 0) is 29.8 Å². The maximum Gasteiger partial charge on any atom is 0.222 e. The number of hydrogen-bond acceptors (Lipinski definition) is 4. The summed E-state index contributed by atoms with van der Waals surface area (Å²) in [6.07, 6.45) is 0.0601. The minimum atomic E-state index is -0.599. The third kappa shape index (κ3) is 6.25. The van der Waals surface area contributed by atoms with E-state index in [1.165, 1.54) is 19.1 Å².